The van der Waals surface area contributed by atoms with Gasteiger partial charge in [-0.05, 0) is 24.3 Å². The minimum Gasteiger partial charge on any atom is -0.367 e. The van der Waals surface area contributed by atoms with Gasteiger partial charge in [-0.1, -0.05) is 35.3 Å². The van der Waals surface area contributed by atoms with E-state index in [9.17, 15) is 4.79 Å². The molecular weight excluding hydrogens is 327 g/mol. The summed E-state index contributed by atoms with van der Waals surface area (Å²) in [7, 11) is 0. The van der Waals surface area contributed by atoms with Crippen LogP contribution in [0.25, 0.3) is 0 Å². The van der Waals surface area contributed by atoms with Gasteiger partial charge in [-0.25, -0.2) is 0 Å². The van der Waals surface area contributed by atoms with Crippen LogP contribution in [0.15, 0.2) is 36.4 Å². The number of rotatable bonds is 2. The molecule has 0 atom stereocenters. The number of carbonyl (C=O) groups is 1. The number of piperazine rings is 1. The molecule has 1 aliphatic rings. The van der Waals surface area contributed by atoms with E-state index in [1.807, 2.05) is 29.2 Å². The molecule has 1 fully saturated rings. The van der Waals surface area contributed by atoms with Crippen molar-refractivity contribution < 1.29 is 4.79 Å². The van der Waals surface area contributed by atoms with Crippen molar-refractivity contribution in [3.63, 3.8) is 0 Å². The van der Waals surface area contributed by atoms with E-state index in [-0.39, 0.29) is 5.91 Å². The Morgan fingerprint density at radius 2 is 1.71 bits per heavy atom. The Bertz CT molecular complexity index is 651. The van der Waals surface area contributed by atoms with Crippen molar-refractivity contribution in [2.75, 3.05) is 31.1 Å². The number of halogens is 2. The van der Waals surface area contributed by atoms with Crippen LogP contribution in [0, 0.1) is 0 Å². The van der Waals surface area contributed by atoms with Gasteiger partial charge in [-0.2, -0.15) is 0 Å². The SMILES string of the molecule is O=C(c1ccc(Cl)s1)N1CCN(c2ccccc2Cl)CC1. The van der Waals surface area contributed by atoms with Gasteiger partial charge >= 0.3 is 0 Å². The first-order valence-electron chi connectivity index (χ1n) is 6.69. The van der Waals surface area contributed by atoms with Crippen LogP contribution in [-0.4, -0.2) is 37.0 Å². The van der Waals surface area contributed by atoms with Crippen LogP contribution in [0.4, 0.5) is 5.69 Å². The lowest BCUT2D eigenvalue weighted by molar-refractivity contribution is 0.0751. The molecule has 0 bridgehead atoms. The van der Waals surface area contributed by atoms with Gasteiger partial charge in [0.2, 0.25) is 0 Å². The maximum absolute atomic E-state index is 12.4. The molecular formula is C15H14Cl2N2OS. The molecule has 2 heterocycles. The van der Waals surface area contributed by atoms with Crippen molar-refractivity contribution in [2.45, 2.75) is 0 Å². The Kier molecular flexibility index (Phi) is 4.38. The highest BCUT2D eigenvalue weighted by Crippen LogP contribution is 2.27. The van der Waals surface area contributed by atoms with Crippen LogP contribution in [-0.2, 0) is 0 Å². The van der Waals surface area contributed by atoms with E-state index in [1.54, 1.807) is 12.1 Å². The summed E-state index contributed by atoms with van der Waals surface area (Å²) in [4.78, 5) is 17.1. The molecule has 1 saturated heterocycles. The fourth-order valence-electron chi connectivity index (χ4n) is 2.44. The molecule has 0 N–H and O–H groups in total. The zero-order chi connectivity index (χ0) is 14.8. The summed E-state index contributed by atoms with van der Waals surface area (Å²) in [5.41, 5.74) is 1.03. The van der Waals surface area contributed by atoms with E-state index in [4.69, 9.17) is 23.2 Å². The first-order chi connectivity index (χ1) is 10.1. The summed E-state index contributed by atoms with van der Waals surface area (Å²) >= 11 is 13.4. The highest BCUT2D eigenvalue weighted by Gasteiger charge is 2.24. The average molecular weight is 341 g/mol. The summed E-state index contributed by atoms with van der Waals surface area (Å²) in [5.74, 6) is 0.0608. The number of nitrogens with zero attached hydrogens (tertiary/aromatic N) is 2. The fraction of sp³-hybridized carbons (Fsp3) is 0.267. The number of benzene rings is 1. The van der Waals surface area contributed by atoms with Crippen LogP contribution < -0.4 is 4.90 Å². The highest BCUT2D eigenvalue weighted by atomic mass is 35.5. The second-order valence-electron chi connectivity index (χ2n) is 4.83. The van der Waals surface area contributed by atoms with Crippen LogP contribution in [0.5, 0.6) is 0 Å². The number of thiophene rings is 1. The molecule has 1 aromatic carbocycles. The number of amides is 1. The largest absolute Gasteiger partial charge is 0.367 e. The van der Waals surface area contributed by atoms with Crippen molar-refractivity contribution in [1.29, 1.82) is 0 Å². The summed E-state index contributed by atoms with van der Waals surface area (Å²) in [6, 6.07) is 11.4. The number of para-hydroxylation sites is 1. The van der Waals surface area contributed by atoms with Crippen molar-refractivity contribution in [1.82, 2.24) is 4.90 Å². The smallest absolute Gasteiger partial charge is 0.264 e. The Labute approximate surface area is 137 Å². The molecule has 21 heavy (non-hydrogen) atoms. The quantitative estimate of drug-likeness (QED) is 0.824. The molecule has 0 aliphatic carbocycles. The lowest BCUT2D eigenvalue weighted by Crippen LogP contribution is -2.48. The van der Waals surface area contributed by atoms with E-state index in [0.717, 1.165) is 23.8 Å². The van der Waals surface area contributed by atoms with Crippen LogP contribution in [0.3, 0.4) is 0 Å². The molecule has 110 valence electrons. The normalized spacial score (nSPS) is 15.3. The topological polar surface area (TPSA) is 23.6 Å². The van der Waals surface area contributed by atoms with Gasteiger partial charge in [0.1, 0.15) is 0 Å². The molecule has 0 spiro atoms. The van der Waals surface area contributed by atoms with E-state index >= 15 is 0 Å². The van der Waals surface area contributed by atoms with Gasteiger partial charge in [0.05, 0.1) is 19.9 Å². The molecule has 1 aliphatic heterocycles. The standard InChI is InChI=1S/C15H14Cl2N2OS/c16-11-3-1-2-4-12(11)18-7-9-19(10-8-18)15(20)13-5-6-14(17)21-13/h1-6H,7-10H2. The average Bonchev–Trinajstić information content (AvgIpc) is 2.94. The highest BCUT2D eigenvalue weighted by molar-refractivity contribution is 7.17. The molecule has 6 heteroatoms. The number of anilines is 1. The van der Waals surface area contributed by atoms with Gasteiger partial charge < -0.3 is 9.80 Å². The first-order valence-corrected chi connectivity index (χ1v) is 8.26. The van der Waals surface area contributed by atoms with Crippen molar-refractivity contribution in [3.05, 3.63) is 50.6 Å². The van der Waals surface area contributed by atoms with E-state index in [2.05, 4.69) is 4.90 Å². The minimum absolute atomic E-state index is 0.0608. The van der Waals surface area contributed by atoms with Crippen LogP contribution in [0.2, 0.25) is 9.36 Å². The number of hydrogen-bond donors (Lipinski definition) is 0. The third-order valence-electron chi connectivity index (χ3n) is 3.54. The molecule has 3 nitrogen and oxygen atoms in total. The zero-order valence-corrected chi connectivity index (χ0v) is 13.6. The molecule has 1 amide bonds. The summed E-state index contributed by atoms with van der Waals surface area (Å²) in [6.45, 7) is 2.96. The number of carbonyl (C=O) groups excluding carboxylic acids is 1. The third-order valence-corrected chi connectivity index (χ3v) is 5.08. The molecule has 0 radical (unpaired) electrons. The summed E-state index contributed by atoms with van der Waals surface area (Å²) < 4.78 is 0.646. The van der Waals surface area contributed by atoms with E-state index in [0.29, 0.717) is 22.3 Å². The van der Waals surface area contributed by atoms with Gasteiger partial charge in [-0.15, -0.1) is 11.3 Å². The fourth-order valence-corrected chi connectivity index (χ4v) is 3.71. The summed E-state index contributed by atoms with van der Waals surface area (Å²) in [5, 5.41) is 0.752. The zero-order valence-electron chi connectivity index (χ0n) is 11.3. The Morgan fingerprint density at radius 3 is 2.33 bits per heavy atom. The molecule has 3 rings (SSSR count). The van der Waals surface area contributed by atoms with Gasteiger partial charge in [0.15, 0.2) is 0 Å². The third kappa shape index (κ3) is 3.18. The van der Waals surface area contributed by atoms with Crippen molar-refractivity contribution in [2.24, 2.45) is 0 Å². The van der Waals surface area contributed by atoms with Gasteiger partial charge in [0, 0.05) is 26.2 Å². The number of hydrogen-bond acceptors (Lipinski definition) is 3. The predicted octanol–water partition coefficient (Wildman–Crippen LogP) is 4.02. The molecule has 1 aromatic heterocycles. The maximum atomic E-state index is 12.4. The van der Waals surface area contributed by atoms with Crippen molar-refractivity contribution in [3.8, 4) is 0 Å². The lowest BCUT2D eigenvalue weighted by atomic mass is 10.2. The van der Waals surface area contributed by atoms with Crippen LogP contribution in [0.1, 0.15) is 9.67 Å². The Balaban J connectivity index is 1.65. The monoisotopic (exact) mass is 340 g/mol. The second kappa shape index (κ2) is 6.26. The molecule has 0 saturated carbocycles. The first kappa shape index (κ1) is 14.7. The Morgan fingerprint density at radius 1 is 1.00 bits per heavy atom. The second-order valence-corrected chi connectivity index (χ2v) is 6.96. The van der Waals surface area contributed by atoms with E-state index in [1.165, 1.54) is 11.3 Å². The van der Waals surface area contributed by atoms with Crippen LogP contribution >= 0.6 is 34.5 Å². The lowest BCUT2D eigenvalue weighted by Gasteiger charge is -2.36. The minimum atomic E-state index is 0.0608. The van der Waals surface area contributed by atoms with Crippen molar-refractivity contribution >= 4 is 46.1 Å². The van der Waals surface area contributed by atoms with E-state index < -0.39 is 0 Å². The Hall–Kier alpha value is -1.23. The van der Waals surface area contributed by atoms with Gasteiger partial charge in [0.25, 0.3) is 5.91 Å². The maximum Gasteiger partial charge on any atom is 0.264 e. The molecule has 2 aromatic rings. The predicted molar refractivity (Wildman–Crippen MR) is 88.9 cm³/mol. The summed E-state index contributed by atoms with van der Waals surface area (Å²) in [6.07, 6.45) is 0. The van der Waals surface area contributed by atoms with Gasteiger partial charge in [-0.3, -0.25) is 4.79 Å². The molecule has 0 unspecified atom stereocenters.